The van der Waals surface area contributed by atoms with Crippen molar-refractivity contribution in [2.75, 3.05) is 32.7 Å². The molecule has 2 fully saturated rings. The average molecular weight is 471 g/mol. The van der Waals surface area contributed by atoms with E-state index in [9.17, 15) is 22.8 Å². The Morgan fingerprint density at radius 1 is 0.939 bits per heavy atom. The van der Waals surface area contributed by atoms with Crippen LogP contribution in [0.1, 0.15) is 18.1 Å². The summed E-state index contributed by atoms with van der Waals surface area (Å²) in [6.07, 6.45) is 0. The quantitative estimate of drug-likeness (QED) is 0.637. The maximum atomic E-state index is 13.0. The minimum Gasteiger partial charge on any atom is -0.338 e. The highest BCUT2D eigenvalue weighted by Gasteiger charge is 2.49. The van der Waals surface area contributed by atoms with Crippen molar-refractivity contribution in [1.82, 2.24) is 19.4 Å². The SMILES string of the molecule is C[C@@]1(c2ccccc2)NC(=O)N(CC(=O)N2CCN(S(=O)(=O)Cc3ccccc3)CC2)C1=O. The fourth-order valence-corrected chi connectivity index (χ4v) is 5.65. The highest BCUT2D eigenvalue weighted by molar-refractivity contribution is 7.88. The van der Waals surface area contributed by atoms with Crippen molar-refractivity contribution < 1.29 is 22.8 Å². The highest BCUT2D eigenvalue weighted by Crippen LogP contribution is 2.28. The number of rotatable bonds is 6. The van der Waals surface area contributed by atoms with Gasteiger partial charge in [-0.1, -0.05) is 60.7 Å². The third-order valence-corrected chi connectivity index (χ3v) is 7.95. The third kappa shape index (κ3) is 4.62. The average Bonchev–Trinajstić information content (AvgIpc) is 3.04. The minimum atomic E-state index is -3.50. The first-order valence-corrected chi connectivity index (χ1v) is 12.3. The van der Waals surface area contributed by atoms with Crippen LogP contribution in [0, 0.1) is 0 Å². The van der Waals surface area contributed by atoms with E-state index in [2.05, 4.69) is 5.32 Å². The molecule has 2 aromatic carbocycles. The lowest BCUT2D eigenvalue weighted by atomic mass is 9.92. The summed E-state index contributed by atoms with van der Waals surface area (Å²) in [4.78, 5) is 40.7. The number of urea groups is 1. The summed E-state index contributed by atoms with van der Waals surface area (Å²) in [5.41, 5.74) is 0.106. The van der Waals surface area contributed by atoms with Crippen molar-refractivity contribution in [3.8, 4) is 0 Å². The van der Waals surface area contributed by atoms with Gasteiger partial charge in [0.15, 0.2) is 0 Å². The number of sulfonamides is 1. The van der Waals surface area contributed by atoms with Crippen molar-refractivity contribution in [2.24, 2.45) is 0 Å². The monoisotopic (exact) mass is 470 g/mol. The van der Waals surface area contributed by atoms with E-state index in [1.807, 2.05) is 12.1 Å². The van der Waals surface area contributed by atoms with Crippen LogP contribution in [0.5, 0.6) is 0 Å². The third-order valence-electron chi connectivity index (χ3n) is 6.10. The number of benzene rings is 2. The lowest BCUT2D eigenvalue weighted by Crippen LogP contribution is -2.53. The predicted octanol–water partition coefficient (Wildman–Crippen LogP) is 1.13. The minimum absolute atomic E-state index is 0.0949. The fraction of sp³-hybridized carbons (Fsp3) is 0.348. The smallest absolute Gasteiger partial charge is 0.325 e. The van der Waals surface area contributed by atoms with Crippen molar-refractivity contribution >= 4 is 27.9 Å². The van der Waals surface area contributed by atoms with E-state index < -0.39 is 33.4 Å². The standard InChI is InChI=1S/C23H26N4O5S/c1-23(19-10-6-3-7-11-19)21(29)27(22(30)24-23)16-20(28)25-12-14-26(15-13-25)33(31,32)17-18-8-4-2-5-9-18/h2-11H,12-17H2,1H3,(H,24,30)/t23-/m0/s1. The number of hydrogen-bond acceptors (Lipinski definition) is 5. The molecule has 2 aliphatic heterocycles. The molecule has 1 atom stereocenters. The number of carbonyl (C=O) groups excluding carboxylic acids is 3. The van der Waals surface area contributed by atoms with E-state index in [4.69, 9.17) is 0 Å². The number of imide groups is 1. The van der Waals surface area contributed by atoms with E-state index in [1.165, 1.54) is 9.21 Å². The molecule has 1 N–H and O–H groups in total. The largest absolute Gasteiger partial charge is 0.338 e. The summed E-state index contributed by atoms with van der Waals surface area (Å²) in [5.74, 6) is -0.977. The Labute approximate surface area is 193 Å². The van der Waals surface area contributed by atoms with Gasteiger partial charge in [0.05, 0.1) is 5.75 Å². The van der Waals surface area contributed by atoms with Gasteiger partial charge in [0.2, 0.25) is 15.9 Å². The Morgan fingerprint density at radius 2 is 1.52 bits per heavy atom. The second-order valence-corrected chi connectivity index (χ2v) is 10.3. The summed E-state index contributed by atoms with van der Waals surface area (Å²) >= 11 is 0. The molecule has 0 aliphatic carbocycles. The number of hydrogen-bond donors (Lipinski definition) is 1. The number of nitrogens with one attached hydrogen (secondary N) is 1. The van der Waals surface area contributed by atoms with Gasteiger partial charge >= 0.3 is 6.03 Å². The van der Waals surface area contributed by atoms with Gasteiger partial charge in [0.25, 0.3) is 5.91 Å². The van der Waals surface area contributed by atoms with E-state index in [0.29, 0.717) is 11.1 Å². The maximum Gasteiger partial charge on any atom is 0.325 e. The van der Waals surface area contributed by atoms with E-state index in [1.54, 1.807) is 55.5 Å². The summed E-state index contributed by atoms with van der Waals surface area (Å²) in [7, 11) is -3.50. The first-order chi connectivity index (χ1) is 15.7. The van der Waals surface area contributed by atoms with Crippen molar-refractivity contribution in [3.63, 3.8) is 0 Å². The molecule has 10 heteroatoms. The molecule has 4 amide bonds. The Kier molecular flexibility index (Phi) is 6.22. The Bertz CT molecular complexity index is 1150. The van der Waals surface area contributed by atoms with Crippen LogP contribution in [0.4, 0.5) is 4.79 Å². The van der Waals surface area contributed by atoms with Crippen LogP contribution < -0.4 is 5.32 Å². The van der Waals surface area contributed by atoms with Crippen molar-refractivity contribution in [1.29, 1.82) is 0 Å². The lowest BCUT2D eigenvalue weighted by Gasteiger charge is -2.34. The maximum absolute atomic E-state index is 13.0. The summed E-state index contributed by atoms with van der Waals surface area (Å²) in [6.45, 7) is 1.97. The highest BCUT2D eigenvalue weighted by atomic mass is 32.2. The van der Waals surface area contributed by atoms with Gasteiger partial charge < -0.3 is 10.2 Å². The molecule has 0 aromatic heterocycles. The zero-order valence-corrected chi connectivity index (χ0v) is 19.1. The molecule has 0 bridgehead atoms. The van der Waals surface area contributed by atoms with Gasteiger partial charge in [-0.3, -0.25) is 14.5 Å². The Balaban J connectivity index is 1.36. The van der Waals surface area contributed by atoms with Crippen molar-refractivity contribution in [3.05, 3.63) is 71.8 Å². The molecular formula is C23H26N4O5S. The summed E-state index contributed by atoms with van der Waals surface area (Å²) in [6, 6.07) is 17.2. The molecule has 2 aromatic rings. The molecule has 2 heterocycles. The van der Waals surface area contributed by atoms with Gasteiger partial charge in [0, 0.05) is 26.2 Å². The van der Waals surface area contributed by atoms with E-state index in [0.717, 1.165) is 4.90 Å². The van der Waals surface area contributed by atoms with Crippen LogP contribution in [0.25, 0.3) is 0 Å². The van der Waals surface area contributed by atoms with Crippen LogP contribution in [0.3, 0.4) is 0 Å². The van der Waals surface area contributed by atoms with Crippen LogP contribution in [0.2, 0.25) is 0 Å². The molecule has 33 heavy (non-hydrogen) atoms. The van der Waals surface area contributed by atoms with Crippen LogP contribution in [0.15, 0.2) is 60.7 Å². The number of amides is 4. The second-order valence-electron chi connectivity index (χ2n) is 8.33. The van der Waals surface area contributed by atoms with Gasteiger partial charge in [-0.15, -0.1) is 0 Å². The number of nitrogens with zero attached hydrogens (tertiary/aromatic N) is 3. The van der Waals surface area contributed by atoms with Crippen LogP contribution in [-0.4, -0.2) is 73.1 Å². The zero-order chi connectivity index (χ0) is 23.6. The molecule has 9 nitrogen and oxygen atoms in total. The molecule has 2 saturated heterocycles. The van der Waals surface area contributed by atoms with Crippen LogP contribution >= 0.6 is 0 Å². The van der Waals surface area contributed by atoms with E-state index >= 15 is 0 Å². The molecule has 0 spiro atoms. The first-order valence-electron chi connectivity index (χ1n) is 10.7. The van der Waals surface area contributed by atoms with Gasteiger partial charge in [-0.25, -0.2) is 13.2 Å². The molecule has 0 radical (unpaired) electrons. The number of carbonyl (C=O) groups is 3. The molecular weight excluding hydrogens is 444 g/mol. The molecule has 2 aliphatic rings. The zero-order valence-electron chi connectivity index (χ0n) is 18.3. The molecule has 0 saturated carbocycles. The fourth-order valence-electron chi connectivity index (χ4n) is 4.13. The normalized spacial score (nSPS) is 21.8. The Morgan fingerprint density at radius 3 is 2.12 bits per heavy atom. The Hall–Kier alpha value is -3.24. The molecule has 0 unspecified atom stereocenters. The number of piperazine rings is 1. The predicted molar refractivity (Wildman–Crippen MR) is 121 cm³/mol. The second kappa shape index (κ2) is 8.95. The summed E-state index contributed by atoms with van der Waals surface area (Å²) < 4.78 is 26.8. The van der Waals surface area contributed by atoms with E-state index in [-0.39, 0.29) is 38.5 Å². The van der Waals surface area contributed by atoms with Gasteiger partial charge in [0.1, 0.15) is 12.1 Å². The van der Waals surface area contributed by atoms with Gasteiger partial charge in [-0.2, -0.15) is 4.31 Å². The molecule has 4 rings (SSSR count). The van der Waals surface area contributed by atoms with Crippen molar-refractivity contribution in [2.45, 2.75) is 18.2 Å². The summed E-state index contributed by atoms with van der Waals surface area (Å²) in [5, 5.41) is 2.68. The lowest BCUT2D eigenvalue weighted by molar-refractivity contribution is -0.139. The molecule has 174 valence electrons. The van der Waals surface area contributed by atoms with Gasteiger partial charge in [-0.05, 0) is 18.1 Å². The first kappa shape index (κ1) is 22.9. The topological polar surface area (TPSA) is 107 Å². The van der Waals surface area contributed by atoms with Crippen LogP contribution in [-0.2, 0) is 30.9 Å².